The first-order valence-electron chi connectivity index (χ1n) is 11.1. The molecule has 0 aliphatic rings. The number of hydrogen-bond acceptors (Lipinski definition) is 8. The average molecular weight is 525 g/mol. The van der Waals surface area contributed by atoms with Crippen LogP contribution in [0.5, 0.6) is 5.75 Å². The van der Waals surface area contributed by atoms with Gasteiger partial charge in [-0.15, -0.1) is 0 Å². The molecular formula is C26H28N4O6S. The summed E-state index contributed by atoms with van der Waals surface area (Å²) in [6.07, 6.45) is 5.89. The summed E-state index contributed by atoms with van der Waals surface area (Å²) in [5.74, 6) is -0.929. The van der Waals surface area contributed by atoms with Gasteiger partial charge in [0, 0.05) is 50.2 Å². The largest absolute Gasteiger partial charge is 0.497 e. The Balaban J connectivity index is 2.41. The fourth-order valence-electron chi connectivity index (χ4n) is 3.84. The molecule has 1 aromatic heterocycles. The minimum Gasteiger partial charge on any atom is -0.497 e. The van der Waals surface area contributed by atoms with Crippen molar-refractivity contribution in [2.24, 2.45) is 0 Å². The number of hydroxylamine groups is 1. The quantitative estimate of drug-likeness (QED) is 0.176. The first-order valence-corrected chi connectivity index (χ1v) is 12.6. The van der Waals surface area contributed by atoms with E-state index in [1.807, 2.05) is 0 Å². The predicted octanol–water partition coefficient (Wildman–Crippen LogP) is 2.62. The fraction of sp³-hybridized carbons (Fsp3) is 0.192. The molecule has 0 radical (unpaired) electrons. The summed E-state index contributed by atoms with van der Waals surface area (Å²) in [4.78, 5) is 30.4. The lowest BCUT2D eigenvalue weighted by Crippen LogP contribution is -2.26. The Morgan fingerprint density at radius 2 is 1.86 bits per heavy atom. The Bertz CT molecular complexity index is 1450. The number of rotatable bonds is 8. The zero-order chi connectivity index (χ0) is 27.3. The molecule has 0 spiro atoms. The molecule has 4 N–H and O–H groups in total. The average Bonchev–Trinajstić information content (AvgIpc) is 2.89. The number of nitrogens with zero attached hydrogens (tertiary/aromatic N) is 2. The molecule has 37 heavy (non-hydrogen) atoms. The van der Waals surface area contributed by atoms with E-state index in [0.717, 1.165) is 0 Å². The van der Waals surface area contributed by atoms with E-state index < -0.39 is 15.7 Å². The second kappa shape index (κ2) is 11.2. The van der Waals surface area contributed by atoms with Gasteiger partial charge in [-0.05, 0) is 60.0 Å². The third-order valence-electron chi connectivity index (χ3n) is 5.79. The number of carbonyl (C=O) groups excluding carboxylic acids is 2. The van der Waals surface area contributed by atoms with E-state index in [9.17, 15) is 23.2 Å². The lowest BCUT2D eigenvalue weighted by molar-refractivity contribution is -0.123. The van der Waals surface area contributed by atoms with E-state index in [2.05, 4.69) is 4.98 Å². The normalized spacial score (nSPS) is 11.4. The molecule has 0 fully saturated rings. The van der Waals surface area contributed by atoms with E-state index in [0.29, 0.717) is 11.3 Å². The number of methoxy groups -OCH3 is 1. The highest BCUT2D eigenvalue weighted by molar-refractivity contribution is 7.91. The highest BCUT2D eigenvalue weighted by atomic mass is 32.2. The lowest BCUT2D eigenvalue weighted by atomic mass is 9.90. The number of nitrogen functional groups attached to an aromatic ring is 1. The fourth-order valence-corrected chi connectivity index (χ4v) is 5.56. The number of sulfone groups is 1. The van der Waals surface area contributed by atoms with Crippen molar-refractivity contribution in [3.63, 3.8) is 0 Å². The van der Waals surface area contributed by atoms with Crippen molar-refractivity contribution in [3.8, 4) is 5.75 Å². The van der Waals surface area contributed by atoms with Crippen LogP contribution >= 0.6 is 0 Å². The Hall–Kier alpha value is -4.22. The van der Waals surface area contributed by atoms with E-state index in [1.54, 1.807) is 44.1 Å². The zero-order valence-corrected chi connectivity index (χ0v) is 21.7. The Morgan fingerprint density at radius 1 is 1.19 bits per heavy atom. The molecule has 0 saturated heterocycles. The molecule has 3 rings (SSSR count). The molecule has 0 atom stereocenters. The first-order chi connectivity index (χ1) is 17.5. The van der Waals surface area contributed by atoms with Crippen molar-refractivity contribution in [3.05, 3.63) is 82.7 Å². The molecule has 2 amide bonds. The molecule has 0 aliphatic carbocycles. The molecule has 0 unspecified atom stereocenters. The summed E-state index contributed by atoms with van der Waals surface area (Å²) < 4.78 is 32.9. The minimum absolute atomic E-state index is 0.0437. The Morgan fingerprint density at radius 3 is 2.41 bits per heavy atom. The Kier molecular flexibility index (Phi) is 8.31. The molecule has 0 bridgehead atoms. The van der Waals surface area contributed by atoms with Gasteiger partial charge in [-0.3, -0.25) is 19.8 Å². The number of carbonyl (C=O) groups is 2. The predicted molar refractivity (Wildman–Crippen MR) is 138 cm³/mol. The summed E-state index contributed by atoms with van der Waals surface area (Å²) >= 11 is 0. The number of anilines is 1. The lowest BCUT2D eigenvalue weighted by Gasteiger charge is -2.22. The van der Waals surface area contributed by atoms with Crippen LogP contribution in [0.1, 0.15) is 32.6 Å². The van der Waals surface area contributed by atoms with Crippen LogP contribution < -0.4 is 16.0 Å². The van der Waals surface area contributed by atoms with E-state index in [4.69, 9.17) is 10.5 Å². The summed E-state index contributed by atoms with van der Waals surface area (Å²) in [6.45, 7) is 1.47. The van der Waals surface area contributed by atoms with Gasteiger partial charge in [-0.2, -0.15) is 0 Å². The smallest absolute Gasteiger partial charge is 0.276 e. The van der Waals surface area contributed by atoms with Crippen LogP contribution in [0.15, 0.2) is 64.7 Å². The SMILES string of the molecule is COc1ccc(S(=O)(=O)c2c(C)c(N)c(C=CC(=O)N(C)C)c(Cc3cccnc3)c2C(=O)NO)cc1. The van der Waals surface area contributed by atoms with Crippen LogP contribution in [0.2, 0.25) is 0 Å². The first kappa shape index (κ1) is 27.4. The number of nitrogens with two attached hydrogens (primary N) is 1. The van der Waals surface area contributed by atoms with E-state index in [1.165, 1.54) is 55.4 Å². The van der Waals surface area contributed by atoms with Gasteiger partial charge >= 0.3 is 0 Å². The maximum Gasteiger partial charge on any atom is 0.276 e. The summed E-state index contributed by atoms with van der Waals surface area (Å²) in [6, 6.07) is 9.12. The molecule has 1 heterocycles. The number of ether oxygens (including phenoxy) is 1. The summed E-state index contributed by atoms with van der Waals surface area (Å²) in [7, 11) is 0.306. The van der Waals surface area contributed by atoms with Crippen LogP contribution in [-0.4, -0.2) is 56.5 Å². The number of benzene rings is 2. The van der Waals surface area contributed by atoms with Crippen molar-refractivity contribution in [2.45, 2.75) is 23.1 Å². The molecule has 11 heteroatoms. The van der Waals surface area contributed by atoms with Gasteiger partial charge in [-0.1, -0.05) is 6.07 Å². The maximum atomic E-state index is 13.9. The van der Waals surface area contributed by atoms with E-state index >= 15 is 0 Å². The zero-order valence-electron chi connectivity index (χ0n) is 20.8. The van der Waals surface area contributed by atoms with Crippen LogP contribution in [0, 0.1) is 6.92 Å². The molecule has 10 nitrogen and oxygen atoms in total. The second-order valence-corrected chi connectivity index (χ2v) is 10.2. The number of likely N-dealkylation sites (N-methyl/N-ethyl adjacent to an activating group) is 1. The van der Waals surface area contributed by atoms with Gasteiger partial charge in [0.05, 0.1) is 22.5 Å². The third kappa shape index (κ3) is 5.63. The van der Waals surface area contributed by atoms with Crippen LogP contribution in [0.25, 0.3) is 6.08 Å². The van der Waals surface area contributed by atoms with Gasteiger partial charge in [0.1, 0.15) is 5.75 Å². The van der Waals surface area contributed by atoms with Crippen LogP contribution in [0.4, 0.5) is 5.69 Å². The second-order valence-electron chi connectivity index (χ2n) is 8.36. The van der Waals surface area contributed by atoms with Gasteiger partial charge in [0.2, 0.25) is 15.7 Å². The van der Waals surface area contributed by atoms with E-state index in [-0.39, 0.29) is 50.1 Å². The van der Waals surface area contributed by atoms with Crippen LogP contribution in [-0.2, 0) is 21.1 Å². The van der Waals surface area contributed by atoms with Crippen molar-refractivity contribution in [1.29, 1.82) is 0 Å². The summed E-state index contributed by atoms with van der Waals surface area (Å²) in [5.41, 5.74) is 9.05. The monoisotopic (exact) mass is 524 g/mol. The van der Waals surface area contributed by atoms with Gasteiger partial charge < -0.3 is 15.4 Å². The van der Waals surface area contributed by atoms with Gasteiger partial charge in [0.15, 0.2) is 0 Å². The van der Waals surface area contributed by atoms with Crippen molar-refractivity contribution in [1.82, 2.24) is 15.4 Å². The van der Waals surface area contributed by atoms with Gasteiger partial charge in [0.25, 0.3) is 5.91 Å². The molecule has 0 aliphatic heterocycles. The molecule has 2 aromatic carbocycles. The summed E-state index contributed by atoms with van der Waals surface area (Å²) in [5, 5.41) is 9.62. The Labute approximate surface area is 215 Å². The number of hydrogen-bond donors (Lipinski definition) is 3. The standard InChI is InChI=1S/C26H28N4O6S/c1-16-24(27)20(11-12-22(31)30(2)3)21(14-17-6-5-13-28-15-17)23(26(32)29-33)25(16)37(34,35)19-9-7-18(36-4)8-10-19/h5-13,15,33H,14,27H2,1-4H3,(H,29,32). The molecular weight excluding hydrogens is 496 g/mol. The topological polar surface area (TPSA) is 152 Å². The number of pyridine rings is 1. The highest BCUT2D eigenvalue weighted by Crippen LogP contribution is 2.38. The number of aromatic nitrogens is 1. The molecule has 3 aromatic rings. The minimum atomic E-state index is -4.30. The number of amides is 2. The number of nitrogens with one attached hydrogen (secondary N) is 1. The molecule has 0 saturated carbocycles. The van der Waals surface area contributed by atoms with Crippen molar-refractivity contribution in [2.75, 3.05) is 26.9 Å². The van der Waals surface area contributed by atoms with Crippen LogP contribution in [0.3, 0.4) is 0 Å². The highest BCUT2D eigenvalue weighted by Gasteiger charge is 2.32. The van der Waals surface area contributed by atoms with Crippen molar-refractivity contribution >= 4 is 33.4 Å². The molecule has 194 valence electrons. The van der Waals surface area contributed by atoms with Gasteiger partial charge in [-0.25, -0.2) is 13.9 Å². The third-order valence-corrected chi connectivity index (χ3v) is 7.73. The maximum absolute atomic E-state index is 13.9. The van der Waals surface area contributed by atoms with Crippen molar-refractivity contribution < 1.29 is 28.0 Å².